The zero-order valence-corrected chi connectivity index (χ0v) is 21.7. The van der Waals surface area contributed by atoms with Gasteiger partial charge in [0.1, 0.15) is 17.7 Å². The van der Waals surface area contributed by atoms with Crippen LogP contribution < -0.4 is 20.1 Å². The van der Waals surface area contributed by atoms with E-state index in [4.69, 9.17) is 9.47 Å². The van der Waals surface area contributed by atoms with Gasteiger partial charge in [-0.15, -0.1) is 0 Å². The normalized spacial score (nSPS) is 16.6. The molecule has 1 atom stereocenters. The molecule has 40 heavy (non-hydrogen) atoms. The number of ether oxygens (including phenoxy) is 2. The van der Waals surface area contributed by atoms with E-state index < -0.39 is 17.8 Å². The van der Waals surface area contributed by atoms with Crippen LogP contribution in [0, 0.1) is 5.82 Å². The van der Waals surface area contributed by atoms with E-state index in [-0.39, 0.29) is 37.3 Å². The molecular formula is C28H22FN5O5S. The van der Waals surface area contributed by atoms with Crippen molar-refractivity contribution in [3.8, 4) is 11.5 Å². The summed E-state index contributed by atoms with van der Waals surface area (Å²) in [6.07, 6.45) is -0.144. The Labute approximate surface area is 232 Å². The SMILES string of the molecule is O=C(C[C@@H]1N=C2c3ccccc3N=C(SCC(=O)Nc3ccc(F)cc3)N2C1=O)NCc1ccc2c(c1)OCO2. The van der Waals surface area contributed by atoms with Crippen molar-refractivity contribution in [1.82, 2.24) is 10.2 Å². The first-order chi connectivity index (χ1) is 19.4. The molecule has 0 saturated carbocycles. The fourth-order valence-electron chi connectivity index (χ4n) is 4.39. The van der Waals surface area contributed by atoms with Crippen LogP contribution >= 0.6 is 11.8 Å². The van der Waals surface area contributed by atoms with Crippen molar-refractivity contribution in [2.24, 2.45) is 9.98 Å². The predicted octanol–water partition coefficient (Wildman–Crippen LogP) is 3.59. The summed E-state index contributed by atoms with van der Waals surface area (Å²) in [7, 11) is 0. The summed E-state index contributed by atoms with van der Waals surface area (Å²) in [5, 5.41) is 5.81. The van der Waals surface area contributed by atoms with E-state index in [1.807, 2.05) is 24.3 Å². The van der Waals surface area contributed by atoms with E-state index in [0.29, 0.717) is 39.4 Å². The number of carbonyl (C=O) groups excluding carboxylic acids is 3. The number of nitrogens with one attached hydrogen (secondary N) is 2. The van der Waals surface area contributed by atoms with Crippen LogP contribution in [-0.2, 0) is 20.9 Å². The number of halogens is 1. The first-order valence-electron chi connectivity index (χ1n) is 12.4. The van der Waals surface area contributed by atoms with Crippen molar-refractivity contribution in [2.45, 2.75) is 19.0 Å². The van der Waals surface area contributed by atoms with Crippen molar-refractivity contribution in [2.75, 3.05) is 17.9 Å². The van der Waals surface area contributed by atoms with Crippen LogP contribution in [0.15, 0.2) is 76.7 Å². The topological polar surface area (TPSA) is 122 Å². The molecule has 3 aromatic rings. The molecular weight excluding hydrogens is 537 g/mol. The Balaban J connectivity index is 1.12. The molecule has 0 aliphatic carbocycles. The van der Waals surface area contributed by atoms with Crippen molar-refractivity contribution in [1.29, 1.82) is 0 Å². The van der Waals surface area contributed by atoms with Crippen LogP contribution in [0.1, 0.15) is 17.5 Å². The smallest absolute Gasteiger partial charge is 0.259 e. The number of nitrogens with zero attached hydrogens (tertiary/aromatic N) is 3. The highest BCUT2D eigenvalue weighted by Crippen LogP contribution is 2.34. The van der Waals surface area contributed by atoms with Gasteiger partial charge in [-0.2, -0.15) is 0 Å². The van der Waals surface area contributed by atoms with E-state index in [9.17, 15) is 18.8 Å². The number of benzene rings is 3. The van der Waals surface area contributed by atoms with Crippen LogP contribution in [0.2, 0.25) is 0 Å². The Hall–Kier alpha value is -4.71. The summed E-state index contributed by atoms with van der Waals surface area (Å²) in [5.74, 6) is 0.145. The Kier molecular flexibility index (Phi) is 6.91. The van der Waals surface area contributed by atoms with Gasteiger partial charge in [0.25, 0.3) is 5.91 Å². The summed E-state index contributed by atoms with van der Waals surface area (Å²) in [4.78, 5) is 49.3. The lowest BCUT2D eigenvalue weighted by molar-refractivity contribution is -0.128. The van der Waals surface area contributed by atoms with Crippen LogP contribution in [-0.4, -0.2) is 52.2 Å². The first-order valence-corrected chi connectivity index (χ1v) is 13.4. The summed E-state index contributed by atoms with van der Waals surface area (Å²) in [6, 6.07) is 17.1. The highest BCUT2D eigenvalue weighted by atomic mass is 32.2. The van der Waals surface area contributed by atoms with Crippen LogP contribution in [0.5, 0.6) is 11.5 Å². The molecule has 0 radical (unpaired) electrons. The second-order valence-corrected chi connectivity index (χ2v) is 10.0. The molecule has 202 valence electrons. The molecule has 3 heterocycles. The van der Waals surface area contributed by atoms with E-state index in [0.717, 1.165) is 17.3 Å². The number of hydrogen-bond acceptors (Lipinski definition) is 8. The summed E-state index contributed by atoms with van der Waals surface area (Å²) in [6.45, 7) is 0.419. The number of aliphatic imine (C=N–C) groups is 2. The van der Waals surface area contributed by atoms with Gasteiger partial charge in [-0.1, -0.05) is 30.0 Å². The lowest BCUT2D eigenvalue weighted by Gasteiger charge is -2.25. The maximum atomic E-state index is 13.4. The highest BCUT2D eigenvalue weighted by Gasteiger charge is 2.42. The molecule has 3 aromatic carbocycles. The standard InChI is InChI=1S/C28H22FN5O5S/c29-17-6-8-18(9-7-17)31-25(36)14-40-28-33-20-4-2-1-3-19(20)26-32-21(27(37)34(26)28)12-24(35)30-13-16-5-10-22-23(11-16)39-15-38-22/h1-11,21H,12-15H2,(H,30,35)(H,31,36)/t21-/m0/s1. The van der Waals surface area contributed by atoms with Crippen molar-refractivity contribution in [3.63, 3.8) is 0 Å². The number of thioether (sulfide) groups is 1. The largest absolute Gasteiger partial charge is 0.454 e. The third kappa shape index (κ3) is 5.25. The van der Waals surface area contributed by atoms with Crippen LogP contribution in [0.25, 0.3) is 0 Å². The molecule has 10 nitrogen and oxygen atoms in total. The van der Waals surface area contributed by atoms with E-state index in [1.54, 1.807) is 18.2 Å². The third-order valence-corrected chi connectivity index (χ3v) is 7.25. The molecule has 0 saturated heterocycles. The minimum absolute atomic E-state index is 0.0455. The third-order valence-electron chi connectivity index (χ3n) is 6.31. The second-order valence-electron chi connectivity index (χ2n) is 9.07. The lowest BCUT2D eigenvalue weighted by atomic mass is 10.1. The number of para-hydroxylation sites is 1. The van der Waals surface area contributed by atoms with Crippen LogP contribution in [0.4, 0.5) is 15.8 Å². The molecule has 12 heteroatoms. The molecule has 2 N–H and O–H groups in total. The molecule has 3 amide bonds. The molecule has 0 spiro atoms. The van der Waals surface area contributed by atoms with Gasteiger partial charge in [-0.3, -0.25) is 19.4 Å². The number of fused-ring (bicyclic) bond motifs is 4. The molecule has 0 unspecified atom stereocenters. The maximum absolute atomic E-state index is 13.4. The highest BCUT2D eigenvalue weighted by molar-refractivity contribution is 8.14. The molecule has 0 bridgehead atoms. The minimum atomic E-state index is -0.934. The van der Waals surface area contributed by atoms with Gasteiger partial charge >= 0.3 is 0 Å². The minimum Gasteiger partial charge on any atom is -0.454 e. The van der Waals surface area contributed by atoms with Gasteiger partial charge in [0.15, 0.2) is 16.7 Å². The number of rotatable bonds is 7. The average molecular weight is 560 g/mol. The van der Waals surface area contributed by atoms with Gasteiger partial charge in [0, 0.05) is 17.8 Å². The maximum Gasteiger partial charge on any atom is 0.259 e. The fraction of sp³-hybridized carbons (Fsp3) is 0.179. The average Bonchev–Trinajstić information content (AvgIpc) is 3.56. The quantitative estimate of drug-likeness (QED) is 0.456. The first kappa shape index (κ1) is 25.6. The number of amides is 3. The van der Waals surface area contributed by atoms with E-state index >= 15 is 0 Å². The summed E-state index contributed by atoms with van der Waals surface area (Å²) < 4.78 is 23.8. The fourth-order valence-corrected chi connectivity index (χ4v) is 5.19. The van der Waals surface area contributed by atoms with Gasteiger partial charge < -0.3 is 20.1 Å². The van der Waals surface area contributed by atoms with Gasteiger partial charge in [-0.05, 0) is 54.1 Å². The Morgan fingerprint density at radius 3 is 2.67 bits per heavy atom. The second kappa shape index (κ2) is 10.8. The predicted molar refractivity (Wildman–Crippen MR) is 147 cm³/mol. The van der Waals surface area contributed by atoms with Crippen molar-refractivity contribution < 1.29 is 28.2 Å². The number of hydrogen-bond donors (Lipinski definition) is 2. The Bertz CT molecular complexity index is 1580. The zero-order chi connectivity index (χ0) is 27.6. The number of amidine groups is 2. The van der Waals surface area contributed by atoms with Crippen molar-refractivity contribution >= 4 is 51.9 Å². The Morgan fingerprint density at radius 1 is 1.02 bits per heavy atom. The molecule has 0 aromatic heterocycles. The van der Waals surface area contributed by atoms with E-state index in [1.165, 1.54) is 29.2 Å². The van der Waals surface area contributed by atoms with E-state index in [2.05, 4.69) is 20.6 Å². The van der Waals surface area contributed by atoms with Gasteiger partial charge in [-0.25, -0.2) is 14.3 Å². The van der Waals surface area contributed by atoms with Crippen molar-refractivity contribution in [3.05, 3.63) is 83.7 Å². The summed E-state index contributed by atoms with van der Waals surface area (Å²) in [5.41, 5.74) is 2.56. The Morgan fingerprint density at radius 2 is 1.82 bits per heavy atom. The number of carbonyl (C=O) groups is 3. The van der Waals surface area contributed by atoms with Gasteiger partial charge in [0.2, 0.25) is 18.6 Å². The monoisotopic (exact) mass is 559 g/mol. The molecule has 6 rings (SSSR count). The molecule has 0 fully saturated rings. The number of anilines is 1. The van der Waals surface area contributed by atoms with Gasteiger partial charge in [0.05, 0.1) is 17.9 Å². The molecule has 3 aliphatic rings. The molecule has 3 aliphatic heterocycles. The lowest BCUT2D eigenvalue weighted by Crippen LogP contribution is -2.42. The summed E-state index contributed by atoms with van der Waals surface area (Å²) >= 11 is 1.08. The van der Waals surface area contributed by atoms with Crippen LogP contribution in [0.3, 0.4) is 0 Å². The zero-order valence-electron chi connectivity index (χ0n) is 20.9.